The van der Waals surface area contributed by atoms with Crippen LogP contribution < -0.4 is 11.5 Å². The van der Waals surface area contributed by atoms with Gasteiger partial charge in [-0.25, -0.2) is 9.59 Å². The Morgan fingerprint density at radius 1 is 0.783 bits per heavy atom. The number of carboxylic acids is 2. The van der Waals surface area contributed by atoms with E-state index < -0.39 is 11.9 Å². The maximum atomic E-state index is 11.3. The minimum atomic E-state index is -1.03. The van der Waals surface area contributed by atoms with Crippen molar-refractivity contribution >= 4 is 23.3 Å². The minimum Gasteiger partial charge on any atom is -0.478 e. The van der Waals surface area contributed by atoms with Gasteiger partial charge in [-0.3, -0.25) is 0 Å². The van der Waals surface area contributed by atoms with E-state index in [0.717, 1.165) is 0 Å². The molecule has 6 N–H and O–H groups in total. The van der Waals surface area contributed by atoms with Crippen LogP contribution in [0.15, 0.2) is 36.4 Å². The fourth-order valence-corrected chi connectivity index (χ4v) is 2.61. The van der Waals surface area contributed by atoms with Crippen LogP contribution in [0.1, 0.15) is 38.3 Å². The highest BCUT2D eigenvalue weighted by Crippen LogP contribution is 2.23. The van der Waals surface area contributed by atoms with Gasteiger partial charge < -0.3 is 21.7 Å². The summed E-state index contributed by atoms with van der Waals surface area (Å²) in [6, 6.07) is 9.52. The van der Waals surface area contributed by atoms with Crippen molar-refractivity contribution in [1.82, 2.24) is 0 Å². The third-order valence-electron chi connectivity index (χ3n) is 3.74. The first-order chi connectivity index (χ1) is 10.9. The van der Waals surface area contributed by atoms with Gasteiger partial charge in [0.1, 0.15) is 0 Å². The number of carbonyl (C=O) groups is 2. The SMILES string of the molecule is Nc1cccc(C(=O)O)c1CCCc1c(N)cccc1C(=O)O. The summed E-state index contributed by atoms with van der Waals surface area (Å²) in [5, 5.41) is 18.4. The number of nitrogens with two attached hydrogens (primary N) is 2. The molecule has 0 atom stereocenters. The summed E-state index contributed by atoms with van der Waals surface area (Å²) in [6.45, 7) is 0. The molecule has 0 saturated heterocycles. The lowest BCUT2D eigenvalue weighted by Crippen LogP contribution is -2.08. The van der Waals surface area contributed by atoms with Crippen molar-refractivity contribution in [1.29, 1.82) is 0 Å². The van der Waals surface area contributed by atoms with E-state index in [4.69, 9.17) is 11.5 Å². The molecule has 120 valence electrons. The maximum absolute atomic E-state index is 11.3. The van der Waals surface area contributed by atoms with E-state index in [1.165, 1.54) is 12.1 Å². The Hall–Kier alpha value is -3.02. The van der Waals surface area contributed by atoms with Crippen molar-refractivity contribution in [3.8, 4) is 0 Å². The maximum Gasteiger partial charge on any atom is 0.336 e. The van der Waals surface area contributed by atoms with Crippen LogP contribution in [-0.4, -0.2) is 22.2 Å². The number of rotatable bonds is 6. The molecule has 23 heavy (non-hydrogen) atoms. The molecule has 0 unspecified atom stereocenters. The lowest BCUT2D eigenvalue weighted by atomic mass is 9.95. The fourth-order valence-electron chi connectivity index (χ4n) is 2.61. The van der Waals surface area contributed by atoms with E-state index in [0.29, 0.717) is 41.8 Å². The highest BCUT2D eigenvalue weighted by atomic mass is 16.4. The van der Waals surface area contributed by atoms with Crippen molar-refractivity contribution in [2.75, 3.05) is 11.5 Å². The van der Waals surface area contributed by atoms with Crippen molar-refractivity contribution in [3.63, 3.8) is 0 Å². The summed E-state index contributed by atoms with van der Waals surface area (Å²) in [5.74, 6) is -2.06. The second kappa shape index (κ2) is 6.83. The zero-order chi connectivity index (χ0) is 17.0. The van der Waals surface area contributed by atoms with E-state index in [9.17, 15) is 19.8 Å². The number of hydrogen-bond donors (Lipinski definition) is 4. The standard InChI is InChI=1S/C17H18N2O4/c18-14-8-2-6-12(16(20)21)10(14)4-1-5-11-13(17(22)23)7-3-9-15(11)19/h2-3,6-9H,1,4-5,18-19H2,(H,20,21)(H,22,23). The van der Waals surface area contributed by atoms with Crippen LogP contribution >= 0.6 is 0 Å². The largest absolute Gasteiger partial charge is 0.478 e. The Kier molecular flexibility index (Phi) is 4.85. The Bertz CT molecular complexity index is 693. The molecule has 0 bridgehead atoms. The molecule has 2 aromatic carbocycles. The van der Waals surface area contributed by atoms with Gasteiger partial charge in [-0.15, -0.1) is 0 Å². The zero-order valence-electron chi connectivity index (χ0n) is 12.5. The Morgan fingerprint density at radius 3 is 1.52 bits per heavy atom. The summed E-state index contributed by atoms with van der Waals surface area (Å²) >= 11 is 0. The summed E-state index contributed by atoms with van der Waals surface area (Å²) < 4.78 is 0. The average molecular weight is 314 g/mol. The highest BCUT2D eigenvalue weighted by Gasteiger charge is 2.15. The first kappa shape index (κ1) is 16.4. The van der Waals surface area contributed by atoms with Crippen molar-refractivity contribution < 1.29 is 19.8 Å². The van der Waals surface area contributed by atoms with Crippen LogP contribution in [0, 0.1) is 0 Å². The molecule has 0 heterocycles. The fraction of sp³-hybridized carbons (Fsp3) is 0.176. The number of hydrogen-bond acceptors (Lipinski definition) is 4. The molecule has 0 spiro atoms. The van der Waals surface area contributed by atoms with Crippen LogP contribution in [0.2, 0.25) is 0 Å². The minimum absolute atomic E-state index is 0.171. The Balaban J connectivity index is 2.19. The van der Waals surface area contributed by atoms with Crippen LogP contribution in [0.25, 0.3) is 0 Å². The van der Waals surface area contributed by atoms with Crippen molar-refractivity contribution in [2.45, 2.75) is 19.3 Å². The lowest BCUT2D eigenvalue weighted by molar-refractivity contribution is 0.0685. The van der Waals surface area contributed by atoms with Crippen LogP contribution in [-0.2, 0) is 12.8 Å². The molecule has 2 aromatic rings. The van der Waals surface area contributed by atoms with Gasteiger partial charge in [-0.2, -0.15) is 0 Å². The van der Waals surface area contributed by atoms with Crippen molar-refractivity contribution in [3.05, 3.63) is 58.7 Å². The van der Waals surface area contributed by atoms with Crippen LogP contribution in [0.5, 0.6) is 0 Å². The molecule has 6 nitrogen and oxygen atoms in total. The number of carboxylic acid groups (broad SMARTS) is 2. The second-order valence-corrected chi connectivity index (χ2v) is 5.21. The molecule has 0 radical (unpaired) electrons. The molecule has 0 amide bonds. The van der Waals surface area contributed by atoms with E-state index in [2.05, 4.69) is 0 Å². The normalized spacial score (nSPS) is 10.4. The second-order valence-electron chi connectivity index (χ2n) is 5.21. The zero-order valence-corrected chi connectivity index (χ0v) is 12.5. The highest BCUT2D eigenvalue weighted by molar-refractivity contribution is 5.91. The quantitative estimate of drug-likeness (QED) is 0.606. The number of anilines is 2. The van der Waals surface area contributed by atoms with Gasteiger partial charge >= 0.3 is 11.9 Å². The molecule has 0 aromatic heterocycles. The lowest BCUT2D eigenvalue weighted by Gasteiger charge is -2.12. The smallest absolute Gasteiger partial charge is 0.336 e. The molecule has 0 saturated carbocycles. The molecule has 0 fully saturated rings. The van der Waals surface area contributed by atoms with Gasteiger partial charge in [0.25, 0.3) is 0 Å². The van der Waals surface area contributed by atoms with Gasteiger partial charge in [0, 0.05) is 11.4 Å². The average Bonchev–Trinajstić information content (AvgIpc) is 2.49. The van der Waals surface area contributed by atoms with E-state index >= 15 is 0 Å². The van der Waals surface area contributed by atoms with Gasteiger partial charge in [0.05, 0.1) is 11.1 Å². The Labute approximate surface area is 133 Å². The third kappa shape index (κ3) is 3.60. The predicted molar refractivity (Wildman–Crippen MR) is 87.7 cm³/mol. The van der Waals surface area contributed by atoms with Crippen molar-refractivity contribution in [2.24, 2.45) is 0 Å². The summed E-state index contributed by atoms with van der Waals surface area (Å²) in [7, 11) is 0. The molecule has 6 heteroatoms. The van der Waals surface area contributed by atoms with E-state index in [-0.39, 0.29) is 11.1 Å². The van der Waals surface area contributed by atoms with E-state index in [1.54, 1.807) is 24.3 Å². The first-order valence-corrected chi connectivity index (χ1v) is 7.13. The van der Waals surface area contributed by atoms with Gasteiger partial charge in [-0.05, 0) is 54.7 Å². The summed E-state index contributed by atoms with van der Waals surface area (Å²) in [5.41, 5.74) is 14.0. The number of benzene rings is 2. The van der Waals surface area contributed by atoms with Gasteiger partial charge in [-0.1, -0.05) is 12.1 Å². The third-order valence-corrected chi connectivity index (χ3v) is 3.74. The first-order valence-electron chi connectivity index (χ1n) is 7.13. The predicted octanol–water partition coefficient (Wildman–Crippen LogP) is 2.42. The van der Waals surface area contributed by atoms with Gasteiger partial charge in [0.15, 0.2) is 0 Å². The monoisotopic (exact) mass is 314 g/mol. The summed E-state index contributed by atoms with van der Waals surface area (Å²) in [6.07, 6.45) is 1.41. The van der Waals surface area contributed by atoms with Crippen LogP contribution in [0.3, 0.4) is 0 Å². The molecule has 2 rings (SSSR count). The summed E-state index contributed by atoms with van der Waals surface area (Å²) in [4.78, 5) is 22.5. The molecular weight excluding hydrogens is 296 g/mol. The van der Waals surface area contributed by atoms with E-state index in [1.807, 2.05) is 0 Å². The molecule has 0 aliphatic heterocycles. The molecule has 0 aliphatic carbocycles. The number of nitrogen functional groups attached to an aromatic ring is 2. The number of aromatic carboxylic acids is 2. The van der Waals surface area contributed by atoms with Crippen LogP contribution in [0.4, 0.5) is 11.4 Å². The molecule has 0 aliphatic rings. The Morgan fingerprint density at radius 2 is 1.17 bits per heavy atom. The van der Waals surface area contributed by atoms with Gasteiger partial charge in [0.2, 0.25) is 0 Å². The molecular formula is C17H18N2O4. The topological polar surface area (TPSA) is 127 Å².